The number of aliphatic carboxylic acids is 1. The van der Waals surface area contributed by atoms with Crippen LogP contribution in [0.2, 0.25) is 0 Å². The third kappa shape index (κ3) is 5.89. The number of allylic oxidation sites excluding steroid dienone is 2. The highest BCUT2D eigenvalue weighted by molar-refractivity contribution is 5.66. The maximum Gasteiger partial charge on any atom is 0.397 e. The van der Waals surface area contributed by atoms with Crippen LogP contribution in [0.15, 0.2) is 24.3 Å². The van der Waals surface area contributed by atoms with E-state index in [1.807, 2.05) is 6.92 Å². The van der Waals surface area contributed by atoms with Gasteiger partial charge >= 0.3 is 12.1 Å². The average Bonchev–Trinajstić information content (AvgIpc) is 3.14. The molecule has 1 saturated carbocycles. The fourth-order valence-electron chi connectivity index (χ4n) is 4.72. The van der Waals surface area contributed by atoms with Crippen LogP contribution in [0.25, 0.3) is 0 Å². The molecule has 1 saturated heterocycles. The fraction of sp³-hybridized carbons (Fsp3) is 0.783. The van der Waals surface area contributed by atoms with E-state index in [2.05, 4.69) is 0 Å². The molecule has 31 heavy (non-hydrogen) atoms. The summed E-state index contributed by atoms with van der Waals surface area (Å²) >= 11 is 0. The Bertz CT molecular complexity index is 662. The van der Waals surface area contributed by atoms with E-state index in [4.69, 9.17) is 9.84 Å². The first-order chi connectivity index (χ1) is 14.4. The van der Waals surface area contributed by atoms with Crippen molar-refractivity contribution in [2.45, 2.75) is 90.0 Å². The summed E-state index contributed by atoms with van der Waals surface area (Å²) in [6.07, 6.45) is -1.31. The van der Waals surface area contributed by atoms with Crippen molar-refractivity contribution in [1.29, 1.82) is 0 Å². The number of carbonyl (C=O) groups is 1. The first-order valence-corrected chi connectivity index (χ1v) is 11.0. The van der Waals surface area contributed by atoms with Gasteiger partial charge in [-0.2, -0.15) is 13.2 Å². The lowest BCUT2D eigenvalue weighted by atomic mass is 9.77. The van der Waals surface area contributed by atoms with Crippen LogP contribution in [-0.4, -0.2) is 46.8 Å². The van der Waals surface area contributed by atoms with Crippen LogP contribution >= 0.6 is 0 Å². The molecule has 0 aromatic rings. The molecular weight excluding hydrogens is 416 g/mol. The Morgan fingerprint density at radius 1 is 1.29 bits per heavy atom. The van der Waals surface area contributed by atoms with Gasteiger partial charge in [0, 0.05) is 12.3 Å². The molecule has 0 radical (unpaired) electrons. The predicted molar refractivity (Wildman–Crippen MR) is 109 cm³/mol. The molecule has 1 aliphatic heterocycles. The van der Waals surface area contributed by atoms with Gasteiger partial charge in [-0.05, 0) is 38.0 Å². The van der Waals surface area contributed by atoms with Crippen LogP contribution < -0.4 is 0 Å². The summed E-state index contributed by atoms with van der Waals surface area (Å²) in [5.41, 5.74) is -2.25. The Morgan fingerprint density at radius 3 is 2.55 bits per heavy atom. The Balaban J connectivity index is 2.10. The van der Waals surface area contributed by atoms with Gasteiger partial charge in [0.05, 0.1) is 17.6 Å². The summed E-state index contributed by atoms with van der Waals surface area (Å²) in [5.74, 6) is -1.76. The van der Waals surface area contributed by atoms with Gasteiger partial charge in [0.2, 0.25) is 0 Å². The molecule has 0 amide bonds. The molecule has 4 nitrogen and oxygen atoms in total. The van der Waals surface area contributed by atoms with E-state index < -0.39 is 41.9 Å². The number of alkyl halides is 4. The van der Waals surface area contributed by atoms with Crippen molar-refractivity contribution < 1.29 is 37.3 Å². The average molecular weight is 451 g/mol. The first kappa shape index (κ1) is 25.8. The maximum atomic E-state index is 15.1. The van der Waals surface area contributed by atoms with E-state index in [1.54, 1.807) is 19.1 Å². The van der Waals surface area contributed by atoms with E-state index in [-0.39, 0.29) is 37.2 Å². The number of ether oxygens (including phenoxy) is 1. The van der Waals surface area contributed by atoms with E-state index in [0.29, 0.717) is 19.3 Å². The highest BCUT2D eigenvalue weighted by Gasteiger charge is 2.55. The zero-order chi connectivity index (χ0) is 23.4. The summed E-state index contributed by atoms with van der Waals surface area (Å²) in [4.78, 5) is 10.6. The highest BCUT2D eigenvalue weighted by Crippen LogP contribution is 2.50. The molecule has 2 fully saturated rings. The third-order valence-corrected chi connectivity index (χ3v) is 6.86. The lowest BCUT2D eigenvalue weighted by Crippen LogP contribution is -2.44. The zero-order valence-electron chi connectivity index (χ0n) is 18.3. The molecule has 8 heteroatoms. The summed E-state index contributed by atoms with van der Waals surface area (Å²) in [6, 6.07) is 0. The topological polar surface area (TPSA) is 66.8 Å². The van der Waals surface area contributed by atoms with Gasteiger partial charge < -0.3 is 14.9 Å². The molecule has 1 aliphatic carbocycles. The van der Waals surface area contributed by atoms with E-state index >= 15 is 4.39 Å². The second-order valence-electron chi connectivity index (χ2n) is 9.16. The molecule has 178 valence electrons. The number of unbranched alkanes of at least 4 members (excludes halogenated alkanes) is 1. The molecule has 0 aromatic carbocycles. The normalized spacial score (nSPS) is 34.3. The van der Waals surface area contributed by atoms with Gasteiger partial charge in [-0.15, -0.1) is 0 Å². The lowest BCUT2D eigenvalue weighted by molar-refractivity contribution is -0.244. The van der Waals surface area contributed by atoms with Crippen LogP contribution in [0.1, 0.15) is 59.3 Å². The van der Waals surface area contributed by atoms with E-state index in [9.17, 15) is 23.1 Å². The standard InChI is InChI=1S/C23H34F4O4/c1-4-5-12-22(3,23(25,26)27)18(28)11-10-15-14(2)13-17-20(15)21(24)16(31-17)8-6-7-9-19(29)30/h6,8,10-11,14-18,20-21,28H,4-5,7,9,12-13H2,1-3H3,(H,29,30)/b8-6+,11-10+/t14-,15+,16-,17-,18-,20-,21?,22?/m1/s1. The molecule has 0 spiro atoms. The molecule has 2 aliphatic rings. The number of aliphatic hydroxyl groups is 1. The van der Waals surface area contributed by atoms with Crippen LogP contribution in [0, 0.1) is 23.2 Å². The molecule has 0 bridgehead atoms. The van der Waals surface area contributed by atoms with Gasteiger partial charge in [0.15, 0.2) is 0 Å². The van der Waals surface area contributed by atoms with Crippen LogP contribution in [0.4, 0.5) is 17.6 Å². The number of carboxylic acid groups (broad SMARTS) is 1. The number of fused-ring (bicyclic) bond motifs is 1. The van der Waals surface area contributed by atoms with Gasteiger partial charge in [0.25, 0.3) is 0 Å². The second kappa shape index (κ2) is 10.5. The molecule has 2 unspecified atom stereocenters. The number of halogens is 4. The van der Waals surface area contributed by atoms with Crippen molar-refractivity contribution in [3.63, 3.8) is 0 Å². The molecule has 8 atom stereocenters. The lowest BCUT2D eigenvalue weighted by Gasteiger charge is -2.35. The fourth-order valence-corrected chi connectivity index (χ4v) is 4.72. The maximum absolute atomic E-state index is 15.1. The quantitative estimate of drug-likeness (QED) is 0.343. The molecule has 1 heterocycles. The van der Waals surface area contributed by atoms with Gasteiger partial charge in [-0.1, -0.05) is 51.0 Å². The minimum Gasteiger partial charge on any atom is -0.481 e. The van der Waals surface area contributed by atoms with Crippen molar-refractivity contribution in [1.82, 2.24) is 0 Å². The van der Waals surface area contributed by atoms with Crippen molar-refractivity contribution >= 4 is 5.97 Å². The summed E-state index contributed by atoms with van der Waals surface area (Å²) in [5, 5.41) is 19.1. The van der Waals surface area contributed by atoms with Crippen LogP contribution in [0.3, 0.4) is 0 Å². The third-order valence-electron chi connectivity index (χ3n) is 6.86. The van der Waals surface area contributed by atoms with Crippen LogP contribution in [0.5, 0.6) is 0 Å². The van der Waals surface area contributed by atoms with Crippen molar-refractivity contribution in [3.8, 4) is 0 Å². The van der Waals surface area contributed by atoms with Crippen molar-refractivity contribution in [2.75, 3.05) is 0 Å². The summed E-state index contributed by atoms with van der Waals surface area (Å²) in [7, 11) is 0. The second-order valence-corrected chi connectivity index (χ2v) is 9.16. The number of rotatable bonds is 10. The monoisotopic (exact) mass is 450 g/mol. The molecule has 0 aromatic heterocycles. The van der Waals surface area contributed by atoms with E-state index in [1.165, 1.54) is 12.2 Å². The zero-order valence-corrected chi connectivity index (χ0v) is 18.3. The molecule has 2 N–H and O–H groups in total. The van der Waals surface area contributed by atoms with Crippen LogP contribution in [-0.2, 0) is 9.53 Å². The Hall–Kier alpha value is -1.41. The van der Waals surface area contributed by atoms with E-state index in [0.717, 1.165) is 6.92 Å². The molecule has 2 rings (SSSR count). The number of hydrogen-bond acceptors (Lipinski definition) is 3. The Morgan fingerprint density at radius 2 is 1.97 bits per heavy atom. The molecular formula is C23H34F4O4. The highest BCUT2D eigenvalue weighted by atomic mass is 19.4. The number of carboxylic acids is 1. The largest absolute Gasteiger partial charge is 0.481 e. The number of aliphatic hydroxyl groups excluding tert-OH is 1. The minimum absolute atomic E-state index is 0.0152. The smallest absolute Gasteiger partial charge is 0.397 e. The summed E-state index contributed by atoms with van der Waals surface area (Å²) in [6.45, 7) is 4.74. The number of hydrogen-bond donors (Lipinski definition) is 2. The first-order valence-electron chi connectivity index (χ1n) is 11.0. The SMILES string of the molecule is CCCCC(C)([C@H](O)/C=C/[C@@H]1[C@H]2C(F)[C@@H](/C=C/CCC(=O)O)O[C@@H]2C[C@H]1C)C(F)(F)F. The Labute approximate surface area is 181 Å². The van der Waals surface area contributed by atoms with Gasteiger partial charge in [-0.25, -0.2) is 4.39 Å². The van der Waals surface area contributed by atoms with Crippen molar-refractivity contribution in [2.24, 2.45) is 23.2 Å². The minimum atomic E-state index is -4.55. The predicted octanol–water partition coefficient (Wildman–Crippen LogP) is 5.46. The Kier molecular flexibility index (Phi) is 8.73. The van der Waals surface area contributed by atoms with Gasteiger partial charge in [0.1, 0.15) is 12.3 Å². The van der Waals surface area contributed by atoms with Crippen molar-refractivity contribution in [3.05, 3.63) is 24.3 Å². The van der Waals surface area contributed by atoms with Gasteiger partial charge in [-0.3, -0.25) is 4.79 Å². The summed E-state index contributed by atoms with van der Waals surface area (Å²) < 4.78 is 61.9.